The molecular formula is C52H73N7O8. The molecule has 15 nitrogen and oxygen atoms in total. The van der Waals surface area contributed by atoms with E-state index in [-0.39, 0.29) is 23.6 Å². The lowest BCUT2D eigenvalue weighted by atomic mass is 9.85. The van der Waals surface area contributed by atoms with Crippen molar-refractivity contribution in [2.75, 3.05) is 28.6 Å². The predicted octanol–water partition coefficient (Wildman–Crippen LogP) is 8.63. The van der Waals surface area contributed by atoms with Gasteiger partial charge in [0.15, 0.2) is 0 Å². The Kier molecular flexibility index (Phi) is 16.4. The molecule has 0 radical (unpaired) electrons. The Bertz CT molecular complexity index is 2070. The zero-order valence-electron chi connectivity index (χ0n) is 41.6. The number of nitrogens with zero attached hydrogens (tertiary/aromatic N) is 3. The molecule has 0 aromatic heterocycles. The monoisotopic (exact) mass is 924 g/mol. The highest BCUT2D eigenvalue weighted by molar-refractivity contribution is 6.00. The van der Waals surface area contributed by atoms with Gasteiger partial charge in [0.2, 0.25) is 23.6 Å². The molecule has 3 aromatic rings. The molecule has 0 aliphatic carbocycles. The van der Waals surface area contributed by atoms with Crippen molar-refractivity contribution in [1.29, 1.82) is 0 Å². The van der Waals surface area contributed by atoms with Crippen LogP contribution in [0.4, 0.5) is 26.7 Å². The van der Waals surface area contributed by atoms with E-state index in [0.29, 0.717) is 63.2 Å². The van der Waals surface area contributed by atoms with Crippen LogP contribution >= 0.6 is 0 Å². The van der Waals surface area contributed by atoms with Gasteiger partial charge in [-0.2, -0.15) is 0 Å². The molecule has 0 spiro atoms. The number of likely N-dealkylation sites (tertiary alicyclic amines) is 2. The van der Waals surface area contributed by atoms with Crippen LogP contribution in [0.15, 0.2) is 78.9 Å². The van der Waals surface area contributed by atoms with E-state index in [9.17, 15) is 28.8 Å². The Balaban J connectivity index is 1.21. The second kappa shape index (κ2) is 21.2. The molecule has 5 rings (SSSR count). The molecule has 2 fully saturated rings. The van der Waals surface area contributed by atoms with Crippen LogP contribution in [0.2, 0.25) is 0 Å². The first-order valence-electron chi connectivity index (χ1n) is 23.4. The summed E-state index contributed by atoms with van der Waals surface area (Å²) < 4.78 is 10.9. The van der Waals surface area contributed by atoms with Gasteiger partial charge < -0.3 is 45.4 Å². The van der Waals surface area contributed by atoms with Crippen molar-refractivity contribution >= 4 is 52.9 Å². The number of para-hydroxylation sites is 1. The molecule has 2 aliphatic heterocycles. The van der Waals surface area contributed by atoms with Gasteiger partial charge in [-0.1, -0.05) is 84.0 Å². The maximum atomic E-state index is 13.9. The van der Waals surface area contributed by atoms with Gasteiger partial charge in [0.1, 0.15) is 35.4 Å². The lowest BCUT2D eigenvalue weighted by Gasteiger charge is -2.35. The third kappa shape index (κ3) is 14.9. The molecule has 364 valence electrons. The van der Waals surface area contributed by atoms with Crippen LogP contribution in [0.3, 0.4) is 0 Å². The Labute approximate surface area is 397 Å². The van der Waals surface area contributed by atoms with E-state index in [4.69, 9.17) is 9.47 Å². The van der Waals surface area contributed by atoms with Crippen LogP contribution in [0.25, 0.3) is 0 Å². The molecule has 67 heavy (non-hydrogen) atoms. The Morgan fingerprint density at radius 3 is 1.24 bits per heavy atom. The van der Waals surface area contributed by atoms with Crippen molar-refractivity contribution in [2.24, 2.45) is 10.8 Å². The fraction of sp³-hybridized carbons (Fsp3) is 0.538. The smallest absolute Gasteiger partial charge is 0.408 e. The summed E-state index contributed by atoms with van der Waals surface area (Å²) in [5.41, 5.74) is 1.51. The van der Waals surface area contributed by atoms with Crippen molar-refractivity contribution in [3.05, 3.63) is 90.0 Å². The molecule has 0 saturated carbocycles. The summed E-state index contributed by atoms with van der Waals surface area (Å²) >= 11 is 0. The molecule has 2 aliphatic rings. The van der Waals surface area contributed by atoms with Gasteiger partial charge in [-0.3, -0.25) is 19.2 Å². The van der Waals surface area contributed by atoms with Crippen LogP contribution in [0.5, 0.6) is 0 Å². The topological polar surface area (TPSA) is 179 Å². The standard InChI is InChI=1S/C52H73N7O8/c1-49(2,3)41(55-47(64)66-51(7,8)9)45(62)58-30-16-20-39(58)43(60)53-36-26-22-34(23-27-36)32-57(38-18-14-13-15-19-38)33-35-24-28-37(29-25-35)54-44(61)40-21-17-31-59(40)46(63)42(50(4,5)6)56-48(65)67-52(10,11)12/h13-15,18-19,22-29,39-42H,16-17,20-21,30-33H2,1-12H3,(H,53,60)(H,54,61)(H,55,64)(H,56,65)/t39-,40-,41+,42+/m0/s1. The van der Waals surface area contributed by atoms with E-state index in [1.165, 1.54) is 0 Å². The quantitative estimate of drug-likeness (QED) is 0.131. The van der Waals surface area contributed by atoms with Crippen molar-refractivity contribution in [1.82, 2.24) is 20.4 Å². The molecular weight excluding hydrogens is 851 g/mol. The molecule has 4 N–H and O–H groups in total. The Morgan fingerprint density at radius 1 is 0.552 bits per heavy atom. The number of hydrogen-bond donors (Lipinski definition) is 4. The number of ether oxygens (including phenoxy) is 2. The number of amides is 6. The van der Waals surface area contributed by atoms with Gasteiger partial charge in [0.25, 0.3) is 0 Å². The average Bonchev–Trinajstić information content (AvgIpc) is 3.93. The first kappa shape index (κ1) is 51.9. The maximum absolute atomic E-state index is 13.9. The van der Waals surface area contributed by atoms with Gasteiger partial charge >= 0.3 is 12.2 Å². The molecule has 3 aromatic carbocycles. The number of carbonyl (C=O) groups excluding carboxylic acids is 6. The number of rotatable bonds is 13. The third-order valence-corrected chi connectivity index (χ3v) is 11.5. The lowest BCUT2D eigenvalue weighted by molar-refractivity contribution is -0.140. The summed E-state index contributed by atoms with van der Waals surface area (Å²) in [5, 5.41) is 11.5. The zero-order chi connectivity index (χ0) is 49.5. The average molecular weight is 924 g/mol. The summed E-state index contributed by atoms with van der Waals surface area (Å²) in [6.07, 6.45) is 0.974. The number of benzene rings is 3. The number of hydrogen-bond acceptors (Lipinski definition) is 9. The maximum Gasteiger partial charge on any atom is 0.408 e. The second-order valence-corrected chi connectivity index (χ2v) is 21.8. The van der Waals surface area contributed by atoms with E-state index >= 15 is 0 Å². The van der Waals surface area contributed by atoms with Crippen LogP contribution in [0, 0.1) is 10.8 Å². The Hall–Kier alpha value is -6.12. The highest BCUT2D eigenvalue weighted by Gasteiger charge is 2.44. The molecule has 15 heteroatoms. The van der Waals surface area contributed by atoms with Gasteiger partial charge in [0, 0.05) is 43.2 Å². The SMILES string of the molecule is CC(C)(C)OC(=O)N[C@H](C(=O)N1CCC[C@H]1C(=O)Nc1ccc(CN(Cc2ccc(NC(=O)[C@@H]3CCCN3C(=O)[C@@H](NC(=O)OC(C)(C)C)C(C)(C)C)cc2)c2ccccc2)cc1)C(C)(C)C. The number of carbonyl (C=O) groups is 6. The summed E-state index contributed by atoms with van der Waals surface area (Å²) in [5.74, 6) is -1.22. The molecule has 6 amide bonds. The summed E-state index contributed by atoms with van der Waals surface area (Å²) in [6.45, 7) is 23.7. The van der Waals surface area contributed by atoms with Crippen LogP contribution in [-0.4, -0.2) is 94.1 Å². The molecule has 0 unspecified atom stereocenters. The van der Waals surface area contributed by atoms with Crippen molar-refractivity contribution in [2.45, 2.75) is 157 Å². The van der Waals surface area contributed by atoms with E-state index < -0.39 is 58.4 Å². The molecule has 4 atom stereocenters. The fourth-order valence-corrected chi connectivity index (χ4v) is 8.24. The predicted molar refractivity (Wildman–Crippen MR) is 261 cm³/mol. The fourth-order valence-electron chi connectivity index (χ4n) is 8.24. The van der Waals surface area contributed by atoms with Crippen LogP contribution < -0.4 is 26.2 Å². The summed E-state index contributed by atoms with van der Waals surface area (Å²) in [7, 11) is 0. The minimum absolute atomic E-state index is 0.287. The number of alkyl carbamates (subject to hydrolysis) is 2. The van der Waals surface area contributed by atoms with E-state index in [2.05, 4.69) is 26.2 Å². The van der Waals surface area contributed by atoms with Crippen molar-refractivity contribution < 1.29 is 38.2 Å². The van der Waals surface area contributed by atoms with Gasteiger partial charge in [-0.25, -0.2) is 9.59 Å². The van der Waals surface area contributed by atoms with E-state index in [1.54, 1.807) is 51.3 Å². The first-order chi connectivity index (χ1) is 31.2. The third-order valence-electron chi connectivity index (χ3n) is 11.5. The highest BCUT2D eigenvalue weighted by Crippen LogP contribution is 2.30. The molecule has 2 heterocycles. The second-order valence-electron chi connectivity index (χ2n) is 21.8. The van der Waals surface area contributed by atoms with E-state index in [1.807, 2.05) is 120 Å². The number of nitrogens with one attached hydrogen (secondary N) is 4. The zero-order valence-corrected chi connectivity index (χ0v) is 41.6. The Morgan fingerprint density at radius 2 is 0.910 bits per heavy atom. The first-order valence-corrected chi connectivity index (χ1v) is 23.4. The normalized spacial score (nSPS) is 17.5. The summed E-state index contributed by atoms with van der Waals surface area (Å²) in [4.78, 5) is 86.1. The molecule has 0 bridgehead atoms. The molecule has 2 saturated heterocycles. The minimum Gasteiger partial charge on any atom is -0.444 e. The lowest BCUT2D eigenvalue weighted by Crippen LogP contribution is -2.57. The van der Waals surface area contributed by atoms with Crippen molar-refractivity contribution in [3.63, 3.8) is 0 Å². The van der Waals surface area contributed by atoms with Crippen LogP contribution in [0.1, 0.15) is 120 Å². The van der Waals surface area contributed by atoms with E-state index in [0.717, 1.165) is 16.8 Å². The number of anilines is 3. The van der Waals surface area contributed by atoms with Gasteiger partial charge in [0.05, 0.1) is 0 Å². The minimum atomic E-state index is -0.891. The highest BCUT2D eigenvalue weighted by atomic mass is 16.6. The largest absolute Gasteiger partial charge is 0.444 e. The van der Waals surface area contributed by atoms with Gasteiger partial charge in [-0.05, 0) is 126 Å². The van der Waals surface area contributed by atoms with Crippen molar-refractivity contribution in [3.8, 4) is 0 Å². The summed E-state index contributed by atoms with van der Waals surface area (Å²) in [6, 6.07) is 22.2. The van der Waals surface area contributed by atoms with Gasteiger partial charge in [-0.15, -0.1) is 0 Å². The van der Waals surface area contributed by atoms with Crippen LogP contribution in [-0.2, 0) is 41.7 Å².